The lowest BCUT2D eigenvalue weighted by atomic mass is 9.91. The number of rotatable bonds is 11. The first kappa shape index (κ1) is 26.9. The highest BCUT2D eigenvalue weighted by molar-refractivity contribution is 5.82. The first-order valence-corrected chi connectivity index (χ1v) is 14.1. The van der Waals surface area contributed by atoms with Crippen LogP contribution in [0.15, 0.2) is 84.9 Å². The minimum absolute atomic E-state index is 0.0383. The van der Waals surface area contributed by atoms with Crippen molar-refractivity contribution in [3.63, 3.8) is 0 Å². The monoisotopic (exact) mass is 526 g/mol. The third-order valence-electron chi connectivity index (χ3n) is 7.82. The summed E-state index contributed by atoms with van der Waals surface area (Å²) in [6, 6.07) is 28.0. The van der Waals surface area contributed by atoms with E-state index in [1.165, 1.54) is 5.56 Å². The van der Waals surface area contributed by atoms with Crippen LogP contribution < -0.4 is 10.1 Å². The number of amides is 1. The van der Waals surface area contributed by atoms with Gasteiger partial charge in [0, 0.05) is 12.6 Å². The Morgan fingerprint density at radius 2 is 1.54 bits per heavy atom. The predicted octanol–water partition coefficient (Wildman–Crippen LogP) is 5.32. The van der Waals surface area contributed by atoms with Gasteiger partial charge in [-0.25, -0.2) is 0 Å². The van der Waals surface area contributed by atoms with Gasteiger partial charge in [0.2, 0.25) is 0 Å². The number of carbonyl (C=O) groups excluding carboxylic acids is 2. The van der Waals surface area contributed by atoms with E-state index in [1.807, 2.05) is 60.7 Å². The van der Waals surface area contributed by atoms with Crippen LogP contribution in [-0.4, -0.2) is 49.1 Å². The number of benzene rings is 3. The molecule has 5 rings (SSSR count). The van der Waals surface area contributed by atoms with E-state index in [1.54, 1.807) is 0 Å². The molecule has 6 nitrogen and oxygen atoms in total. The van der Waals surface area contributed by atoms with Crippen LogP contribution in [0, 0.1) is 5.92 Å². The van der Waals surface area contributed by atoms with Crippen LogP contribution in [0.1, 0.15) is 54.7 Å². The molecule has 3 aromatic carbocycles. The van der Waals surface area contributed by atoms with Gasteiger partial charge in [-0.3, -0.25) is 14.5 Å². The summed E-state index contributed by atoms with van der Waals surface area (Å²) in [7, 11) is 0. The highest BCUT2D eigenvalue weighted by Crippen LogP contribution is 2.30. The lowest BCUT2D eigenvalue weighted by Gasteiger charge is -2.32. The van der Waals surface area contributed by atoms with E-state index in [0.29, 0.717) is 18.3 Å². The summed E-state index contributed by atoms with van der Waals surface area (Å²) in [5.74, 6) is 0.000440. The molecular weight excluding hydrogens is 488 g/mol. The van der Waals surface area contributed by atoms with Crippen LogP contribution in [0.4, 0.5) is 0 Å². The number of esters is 1. The lowest BCUT2D eigenvalue weighted by Crippen LogP contribution is -2.41. The van der Waals surface area contributed by atoms with Crippen molar-refractivity contribution >= 4 is 11.9 Å². The third-order valence-corrected chi connectivity index (χ3v) is 7.82. The van der Waals surface area contributed by atoms with Crippen molar-refractivity contribution in [2.24, 2.45) is 5.92 Å². The average Bonchev–Trinajstić information content (AvgIpc) is 2.95. The fraction of sp³-hybridized carbons (Fsp3) is 0.394. The van der Waals surface area contributed by atoms with Crippen molar-refractivity contribution in [1.82, 2.24) is 10.2 Å². The van der Waals surface area contributed by atoms with Crippen molar-refractivity contribution in [2.45, 2.75) is 50.6 Å². The summed E-state index contributed by atoms with van der Waals surface area (Å²) in [5.41, 5.74) is 3.00. The number of likely N-dealkylation sites (tertiary alicyclic amines) is 1. The fourth-order valence-electron chi connectivity index (χ4n) is 5.30. The predicted molar refractivity (Wildman–Crippen MR) is 151 cm³/mol. The molecular formula is C33H38N2O4. The highest BCUT2D eigenvalue weighted by Gasteiger charge is 2.27. The van der Waals surface area contributed by atoms with Gasteiger partial charge >= 0.3 is 5.97 Å². The molecule has 1 saturated heterocycles. The second-order valence-corrected chi connectivity index (χ2v) is 10.7. The Labute approximate surface area is 231 Å². The number of carbonyl (C=O) groups is 2. The third kappa shape index (κ3) is 7.70. The van der Waals surface area contributed by atoms with E-state index >= 15 is 0 Å². The zero-order valence-electron chi connectivity index (χ0n) is 22.5. The smallest absolute Gasteiger partial charge is 0.317 e. The average molecular weight is 527 g/mol. The molecule has 1 aliphatic carbocycles. The minimum Gasteiger partial charge on any atom is -0.484 e. The molecule has 204 valence electrons. The second kappa shape index (κ2) is 13.4. The van der Waals surface area contributed by atoms with E-state index in [9.17, 15) is 9.59 Å². The van der Waals surface area contributed by atoms with Crippen molar-refractivity contribution in [2.75, 3.05) is 26.3 Å². The quantitative estimate of drug-likeness (QED) is 0.343. The van der Waals surface area contributed by atoms with Gasteiger partial charge in [-0.2, -0.15) is 0 Å². The standard InChI is InChI=1S/C33H38N2O4/c36-31(34-29-14-8-15-29)24-38-30-16-7-13-28(21-30)32(27-11-5-2-6-12-27)33(37)39-23-26-17-19-35(20-18-26)22-25-9-3-1-4-10-25/h1-7,9-13,16,21,26,29,32H,8,14-15,17-20,22-24H2,(H,34,36). The van der Waals surface area contributed by atoms with Gasteiger partial charge < -0.3 is 14.8 Å². The number of nitrogens with zero attached hydrogens (tertiary/aromatic N) is 1. The molecule has 6 heteroatoms. The normalized spacial score (nSPS) is 17.1. The largest absolute Gasteiger partial charge is 0.484 e. The number of piperidine rings is 1. The molecule has 0 radical (unpaired) electrons. The van der Waals surface area contributed by atoms with Crippen molar-refractivity contribution in [3.05, 3.63) is 102 Å². The maximum absolute atomic E-state index is 13.5. The topological polar surface area (TPSA) is 67.9 Å². The molecule has 0 spiro atoms. The molecule has 1 N–H and O–H groups in total. The van der Waals surface area contributed by atoms with Crippen LogP contribution in [0.3, 0.4) is 0 Å². The van der Waals surface area contributed by atoms with E-state index in [2.05, 4.69) is 34.5 Å². The van der Waals surface area contributed by atoms with Gasteiger partial charge in [0.15, 0.2) is 6.61 Å². The van der Waals surface area contributed by atoms with Crippen LogP contribution in [-0.2, 0) is 20.9 Å². The Morgan fingerprint density at radius 1 is 0.846 bits per heavy atom. The van der Waals surface area contributed by atoms with Crippen LogP contribution in [0.25, 0.3) is 0 Å². The Balaban J connectivity index is 1.17. The minimum atomic E-state index is -0.559. The van der Waals surface area contributed by atoms with E-state index in [4.69, 9.17) is 9.47 Å². The van der Waals surface area contributed by atoms with Gasteiger partial charge in [0.05, 0.1) is 6.61 Å². The van der Waals surface area contributed by atoms with Crippen molar-refractivity contribution < 1.29 is 19.1 Å². The summed E-state index contributed by atoms with van der Waals surface area (Å²) in [5, 5.41) is 2.99. The lowest BCUT2D eigenvalue weighted by molar-refractivity contribution is -0.146. The Kier molecular flexibility index (Phi) is 9.28. The van der Waals surface area contributed by atoms with Gasteiger partial charge in [-0.05, 0) is 79.9 Å². The maximum atomic E-state index is 13.5. The molecule has 1 atom stereocenters. The molecule has 3 aromatic rings. The molecule has 1 amide bonds. The van der Waals surface area contributed by atoms with E-state index in [-0.39, 0.29) is 24.5 Å². The van der Waals surface area contributed by atoms with Crippen molar-refractivity contribution in [1.29, 1.82) is 0 Å². The molecule has 1 heterocycles. The van der Waals surface area contributed by atoms with Crippen LogP contribution in [0.2, 0.25) is 0 Å². The number of ether oxygens (including phenoxy) is 2. The van der Waals surface area contributed by atoms with E-state index in [0.717, 1.165) is 62.9 Å². The zero-order valence-corrected chi connectivity index (χ0v) is 22.5. The fourth-order valence-corrected chi connectivity index (χ4v) is 5.30. The molecule has 2 fully saturated rings. The number of nitrogens with one attached hydrogen (secondary N) is 1. The summed E-state index contributed by atoms with van der Waals surface area (Å²) in [6.45, 7) is 3.37. The molecule has 1 saturated carbocycles. The molecule has 1 aliphatic heterocycles. The number of hydrogen-bond acceptors (Lipinski definition) is 5. The van der Waals surface area contributed by atoms with Gasteiger partial charge in [-0.1, -0.05) is 72.8 Å². The summed E-state index contributed by atoms with van der Waals surface area (Å²) in [6.07, 6.45) is 5.27. The van der Waals surface area contributed by atoms with Crippen LogP contribution >= 0.6 is 0 Å². The van der Waals surface area contributed by atoms with Gasteiger partial charge in [0.25, 0.3) is 5.91 Å². The Bertz CT molecular complexity index is 1200. The molecule has 1 unspecified atom stereocenters. The molecule has 0 aromatic heterocycles. The van der Waals surface area contributed by atoms with Gasteiger partial charge in [-0.15, -0.1) is 0 Å². The first-order valence-electron chi connectivity index (χ1n) is 14.1. The summed E-state index contributed by atoms with van der Waals surface area (Å²) >= 11 is 0. The van der Waals surface area contributed by atoms with Crippen molar-refractivity contribution in [3.8, 4) is 5.75 Å². The Hall–Kier alpha value is -3.64. The molecule has 2 aliphatic rings. The summed E-state index contributed by atoms with van der Waals surface area (Å²) < 4.78 is 11.7. The molecule has 0 bridgehead atoms. The second-order valence-electron chi connectivity index (χ2n) is 10.7. The van der Waals surface area contributed by atoms with E-state index < -0.39 is 5.92 Å². The molecule has 39 heavy (non-hydrogen) atoms. The Morgan fingerprint density at radius 3 is 2.23 bits per heavy atom. The van der Waals surface area contributed by atoms with Gasteiger partial charge in [0.1, 0.15) is 11.7 Å². The highest BCUT2D eigenvalue weighted by atomic mass is 16.5. The SMILES string of the molecule is O=C(COc1cccc(C(C(=O)OCC2CCN(Cc3ccccc3)CC2)c2ccccc2)c1)NC1CCC1. The van der Waals surface area contributed by atoms with Crippen LogP contribution in [0.5, 0.6) is 5.75 Å². The zero-order chi connectivity index (χ0) is 26.9. The summed E-state index contributed by atoms with van der Waals surface area (Å²) in [4.78, 5) is 28.2. The maximum Gasteiger partial charge on any atom is 0.317 e. The first-order chi connectivity index (χ1) is 19.1. The number of hydrogen-bond donors (Lipinski definition) is 1.